The van der Waals surface area contributed by atoms with Gasteiger partial charge < -0.3 is 15.4 Å². The number of hydrogen-bond acceptors (Lipinski definition) is 4. The molecule has 0 spiro atoms. The summed E-state index contributed by atoms with van der Waals surface area (Å²) >= 11 is 0. The van der Waals surface area contributed by atoms with Crippen molar-refractivity contribution in [2.75, 3.05) is 32.4 Å². The molecule has 0 saturated carbocycles. The second-order valence-corrected chi connectivity index (χ2v) is 7.69. The summed E-state index contributed by atoms with van der Waals surface area (Å²) in [5.41, 5.74) is 1.10. The van der Waals surface area contributed by atoms with Crippen LogP contribution in [0.5, 0.6) is 5.75 Å². The van der Waals surface area contributed by atoms with E-state index in [-0.39, 0.29) is 6.10 Å². The summed E-state index contributed by atoms with van der Waals surface area (Å²) in [7, 11) is -3.13. The summed E-state index contributed by atoms with van der Waals surface area (Å²) in [5.74, 6) is 1.57. The van der Waals surface area contributed by atoms with Crippen molar-refractivity contribution < 1.29 is 13.2 Å². The van der Waals surface area contributed by atoms with Crippen molar-refractivity contribution in [2.24, 2.45) is 4.99 Å². The van der Waals surface area contributed by atoms with Crippen LogP contribution in [-0.2, 0) is 10.0 Å². The highest BCUT2D eigenvalue weighted by atomic mass is 32.2. The lowest BCUT2D eigenvalue weighted by Gasteiger charge is -2.16. The molecule has 0 aromatic heterocycles. The molecule has 1 aromatic carbocycles. The van der Waals surface area contributed by atoms with E-state index in [0.717, 1.165) is 24.1 Å². The number of hydrogen-bond donors (Lipinski definition) is 3. The van der Waals surface area contributed by atoms with Crippen LogP contribution in [0.2, 0.25) is 0 Å². The van der Waals surface area contributed by atoms with E-state index >= 15 is 0 Å². The molecule has 0 aliphatic heterocycles. The third-order valence-corrected chi connectivity index (χ3v) is 4.01. The molecule has 1 rings (SSSR count). The third kappa shape index (κ3) is 9.93. The predicted octanol–water partition coefficient (Wildman–Crippen LogP) is 1.26. The first-order chi connectivity index (χ1) is 11.8. The number of nitrogens with one attached hydrogen (secondary N) is 3. The molecule has 25 heavy (non-hydrogen) atoms. The summed E-state index contributed by atoms with van der Waals surface area (Å²) in [5, 5.41) is 6.35. The van der Waals surface area contributed by atoms with Crippen molar-refractivity contribution in [3.05, 3.63) is 29.8 Å². The number of rotatable bonds is 10. The van der Waals surface area contributed by atoms with Gasteiger partial charge in [-0.1, -0.05) is 18.2 Å². The lowest BCUT2D eigenvalue weighted by molar-refractivity contribution is 0.228. The van der Waals surface area contributed by atoms with E-state index in [4.69, 9.17) is 4.74 Å². The average Bonchev–Trinajstić information content (AvgIpc) is 2.53. The molecule has 142 valence electrons. The van der Waals surface area contributed by atoms with Crippen molar-refractivity contribution in [1.29, 1.82) is 0 Å². The molecule has 3 N–H and O–H groups in total. The fourth-order valence-electron chi connectivity index (χ4n) is 2.06. The molecule has 0 amide bonds. The van der Waals surface area contributed by atoms with Crippen molar-refractivity contribution in [3.8, 4) is 5.75 Å². The number of aryl methyl sites for hydroxylation is 1. The first-order valence-corrected chi connectivity index (χ1v) is 10.4. The van der Waals surface area contributed by atoms with Gasteiger partial charge in [0.25, 0.3) is 0 Å². The van der Waals surface area contributed by atoms with Gasteiger partial charge in [-0.25, -0.2) is 18.1 Å². The highest BCUT2D eigenvalue weighted by Crippen LogP contribution is 2.17. The Balaban J connectivity index is 2.42. The Hall–Kier alpha value is -1.80. The Bertz CT molecular complexity index is 647. The van der Waals surface area contributed by atoms with Gasteiger partial charge in [-0.15, -0.1) is 0 Å². The highest BCUT2D eigenvalue weighted by Gasteiger charge is 2.06. The first kappa shape index (κ1) is 21.2. The van der Waals surface area contributed by atoms with Crippen LogP contribution in [0.1, 0.15) is 25.8 Å². The van der Waals surface area contributed by atoms with E-state index in [1.165, 1.54) is 0 Å². The van der Waals surface area contributed by atoms with Gasteiger partial charge in [-0.2, -0.15) is 0 Å². The van der Waals surface area contributed by atoms with Crippen LogP contribution >= 0.6 is 0 Å². The van der Waals surface area contributed by atoms with Crippen LogP contribution in [0.15, 0.2) is 29.3 Å². The van der Waals surface area contributed by atoms with Crippen molar-refractivity contribution >= 4 is 16.0 Å². The summed E-state index contributed by atoms with van der Waals surface area (Å²) in [6.45, 7) is 8.29. The van der Waals surface area contributed by atoms with Crippen LogP contribution in [0.25, 0.3) is 0 Å². The number of ether oxygens (including phenoxy) is 1. The zero-order valence-electron chi connectivity index (χ0n) is 15.5. The van der Waals surface area contributed by atoms with Crippen LogP contribution < -0.4 is 20.1 Å². The monoisotopic (exact) mass is 370 g/mol. The fourth-order valence-corrected chi connectivity index (χ4v) is 2.57. The Morgan fingerprint density at radius 3 is 2.60 bits per heavy atom. The normalized spacial score (nSPS) is 13.4. The molecule has 0 bridgehead atoms. The van der Waals surface area contributed by atoms with E-state index in [1.807, 2.05) is 45.0 Å². The van der Waals surface area contributed by atoms with E-state index in [0.29, 0.717) is 32.0 Å². The molecule has 0 heterocycles. The quantitative estimate of drug-likeness (QED) is 0.328. The number of para-hydroxylation sites is 1. The Morgan fingerprint density at radius 1 is 1.24 bits per heavy atom. The zero-order valence-corrected chi connectivity index (χ0v) is 16.3. The van der Waals surface area contributed by atoms with Crippen LogP contribution in [0, 0.1) is 6.92 Å². The van der Waals surface area contributed by atoms with Gasteiger partial charge in [0.2, 0.25) is 10.0 Å². The van der Waals surface area contributed by atoms with E-state index in [1.54, 1.807) is 0 Å². The van der Waals surface area contributed by atoms with Gasteiger partial charge >= 0.3 is 0 Å². The maximum Gasteiger partial charge on any atom is 0.208 e. The van der Waals surface area contributed by atoms with Gasteiger partial charge in [-0.05, 0) is 38.8 Å². The number of guanidine groups is 1. The summed E-state index contributed by atoms with van der Waals surface area (Å²) < 4.78 is 30.4. The van der Waals surface area contributed by atoms with Gasteiger partial charge in [0, 0.05) is 19.6 Å². The molecule has 0 radical (unpaired) electrons. The smallest absolute Gasteiger partial charge is 0.208 e. The van der Waals surface area contributed by atoms with Gasteiger partial charge in [0.1, 0.15) is 11.9 Å². The van der Waals surface area contributed by atoms with Gasteiger partial charge in [0.15, 0.2) is 5.96 Å². The maximum atomic E-state index is 11.0. The summed E-state index contributed by atoms with van der Waals surface area (Å²) in [4.78, 5) is 4.52. The number of benzene rings is 1. The van der Waals surface area contributed by atoms with E-state index < -0.39 is 10.0 Å². The summed E-state index contributed by atoms with van der Waals surface area (Å²) in [6.07, 6.45) is 1.78. The molecule has 1 atom stereocenters. The molecular formula is C17H30N4O3S. The molecular weight excluding hydrogens is 340 g/mol. The standard InChI is InChI=1S/C17H30N4O3S/c1-5-18-17(19-11-8-12-21-25(4,22)23)20-13-15(3)24-16-10-7-6-9-14(16)2/h6-7,9-10,15,21H,5,8,11-13H2,1-4H3,(H2,18,19,20). The maximum absolute atomic E-state index is 11.0. The van der Waals surface area contributed by atoms with Crippen molar-refractivity contribution in [1.82, 2.24) is 15.4 Å². The van der Waals surface area contributed by atoms with Crippen molar-refractivity contribution in [3.63, 3.8) is 0 Å². The molecule has 1 aromatic rings. The Kier molecular flexibility index (Phi) is 9.30. The number of sulfonamides is 1. The largest absolute Gasteiger partial charge is 0.489 e. The van der Waals surface area contributed by atoms with Crippen molar-refractivity contribution in [2.45, 2.75) is 33.3 Å². The Morgan fingerprint density at radius 2 is 1.96 bits per heavy atom. The lowest BCUT2D eigenvalue weighted by atomic mass is 10.2. The second-order valence-electron chi connectivity index (χ2n) is 5.86. The minimum atomic E-state index is -3.13. The first-order valence-electron chi connectivity index (χ1n) is 8.51. The Labute approximate surface area is 151 Å². The lowest BCUT2D eigenvalue weighted by Crippen LogP contribution is -2.39. The fraction of sp³-hybridized carbons (Fsp3) is 0.588. The third-order valence-electron chi connectivity index (χ3n) is 3.28. The molecule has 7 nitrogen and oxygen atoms in total. The minimum absolute atomic E-state index is 0.0524. The highest BCUT2D eigenvalue weighted by molar-refractivity contribution is 7.88. The SMILES string of the molecule is CCNC(=NCC(C)Oc1ccccc1C)NCCCNS(C)(=O)=O. The van der Waals surface area contributed by atoms with Crippen LogP contribution in [-0.4, -0.2) is 52.9 Å². The molecule has 0 saturated heterocycles. The summed E-state index contributed by atoms with van der Waals surface area (Å²) in [6, 6.07) is 7.90. The average molecular weight is 371 g/mol. The second kappa shape index (κ2) is 10.9. The van der Waals surface area contributed by atoms with E-state index in [9.17, 15) is 8.42 Å². The molecule has 0 aliphatic carbocycles. The topological polar surface area (TPSA) is 91.8 Å². The van der Waals surface area contributed by atoms with Crippen LogP contribution in [0.4, 0.5) is 0 Å². The minimum Gasteiger partial charge on any atom is -0.489 e. The predicted molar refractivity (Wildman–Crippen MR) is 103 cm³/mol. The molecule has 0 aliphatic rings. The van der Waals surface area contributed by atoms with E-state index in [2.05, 4.69) is 20.3 Å². The van der Waals surface area contributed by atoms with Gasteiger partial charge in [-0.3, -0.25) is 0 Å². The zero-order chi connectivity index (χ0) is 18.7. The van der Waals surface area contributed by atoms with Gasteiger partial charge in [0.05, 0.1) is 12.8 Å². The molecule has 8 heteroatoms. The van der Waals surface area contributed by atoms with Crippen LogP contribution in [0.3, 0.4) is 0 Å². The number of nitrogens with zero attached hydrogens (tertiary/aromatic N) is 1. The number of aliphatic imine (C=N–C) groups is 1. The molecule has 1 unspecified atom stereocenters. The molecule has 0 fully saturated rings.